The first kappa shape index (κ1) is 17.1. The Morgan fingerprint density at radius 2 is 1.80 bits per heavy atom. The van der Waals surface area contributed by atoms with Crippen LogP contribution in [0.1, 0.15) is 26.3 Å². The highest BCUT2D eigenvalue weighted by molar-refractivity contribution is 5.96. The monoisotopic (exact) mass is 336 g/mol. The number of anilines is 1. The molecule has 1 heterocycles. The summed E-state index contributed by atoms with van der Waals surface area (Å²) in [5.41, 5.74) is 2.35. The van der Waals surface area contributed by atoms with Crippen molar-refractivity contribution < 1.29 is 9.18 Å². The fraction of sp³-hybridized carbons (Fsp3) is 0.238. The van der Waals surface area contributed by atoms with E-state index in [1.165, 1.54) is 6.07 Å². The van der Waals surface area contributed by atoms with Gasteiger partial charge in [-0.2, -0.15) is 0 Å². The molecule has 1 amide bonds. The third-order valence-electron chi connectivity index (χ3n) is 4.16. The number of aryl methyl sites for hydroxylation is 1. The standard InChI is InChI=1S/C21H21FN2O/c1-13-5-8-17(22)11-18(13)15-7-6-14-10-19(23-12-16(14)9-15)24-20(25)21(2,3)4/h5-12H,1-4H3,(H,23,24,25). The summed E-state index contributed by atoms with van der Waals surface area (Å²) in [6.07, 6.45) is 1.73. The molecule has 0 bridgehead atoms. The van der Waals surface area contributed by atoms with Crippen LogP contribution in [0.4, 0.5) is 10.2 Å². The molecule has 25 heavy (non-hydrogen) atoms. The molecule has 4 heteroatoms. The lowest BCUT2D eigenvalue weighted by Crippen LogP contribution is -2.27. The zero-order valence-electron chi connectivity index (χ0n) is 14.9. The smallest absolute Gasteiger partial charge is 0.230 e. The van der Waals surface area contributed by atoms with Gasteiger partial charge in [0.05, 0.1) is 0 Å². The van der Waals surface area contributed by atoms with E-state index in [1.807, 2.05) is 52.0 Å². The van der Waals surface area contributed by atoms with Gasteiger partial charge < -0.3 is 5.32 Å². The maximum Gasteiger partial charge on any atom is 0.230 e. The minimum absolute atomic E-state index is 0.0774. The number of halogens is 1. The van der Waals surface area contributed by atoms with Crippen molar-refractivity contribution in [1.82, 2.24) is 4.98 Å². The normalized spacial score (nSPS) is 11.6. The number of fused-ring (bicyclic) bond motifs is 1. The number of rotatable bonds is 2. The van der Waals surface area contributed by atoms with E-state index in [0.29, 0.717) is 5.82 Å². The summed E-state index contributed by atoms with van der Waals surface area (Å²) in [7, 11) is 0. The van der Waals surface area contributed by atoms with Crippen molar-refractivity contribution in [3.8, 4) is 11.1 Å². The Bertz CT molecular complexity index is 958. The minimum Gasteiger partial charge on any atom is -0.310 e. The predicted molar refractivity (Wildman–Crippen MR) is 100.0 cm³/mol. The van der Waals surface area contributed by atoms with E-state index in [9.17, 15) is 9.18 Å². The lowest BCUT2D eigenvalue weighted by Gasteiger charge is -2.17. The maximum absolute atomic E-state index is 13.6. The van der Waals surface area contributed by atoms with Gasteiger partial charge in [0.25, 0.3) is 0 Å². The van der Waals surface area contributed by atoms with Crippen molar-refractivity contribution in [2.45, 2.75) is 27.7 Å². The molecule has 0 saturated heterocycles. The second kappa shape index (κ2) is 6.28. The van der Waals surface area contributed by atoms with E-state index < -0.39 is 5.41 Å². The first-order valence-electron chi connectivity index (χ1n) is 8.22. The predicted octanol–water partition coefficient (Wildman–Crippen LogP) is 5.33. The Labute approximate surface area is 146 Å². The lowest BCUT2D eigenvalue weighted by molar-refractivity contribution is -0.123. The van der Waals surface area contributed by atoms with Gasteiger partial charge in [-0.1, -0.05) is 39.0 Å². The second-order valence-electron chi connectivity index (χ2n) is 7.29. The molecule has 3 nitrogen and oxygen atoms in total. The number of nitrogens with zero attached hydrogens (tertiary/aromatic N) is 1. The molecular weight excluding hydrogens is 315 g/mol. The van der Waals surface area contributed by atoms with Crippen molar-refractivity contribution >= 4 is 22.5 Å². The molecule has 1 aromatic heterocycles. The highest BCUT2D eigenvalue weighted by atomic mass is 19.1. The largest absolute Gasteiger partial charge is 0.310 e. The quantitative estimate of drug-likeness (QED) is 0.687. The number of nitrogens with one attached hydrogen (secondary N) is 1. The number of amides is 1. The van der Waals surface area contributed by atoms with Gasteiger partial charge in [-0.15, -0.1) is 0 Å². The number of hydrogen-bond acceptors (Lipinski definition) is 2. The van der Waals surface area contributed by atoms with Gasteiger partial charge in [0, 0.05) is 17.0 Å². The van der Waals surface area contributed by atoms with E-state index in [1.54, 1.807) is 18.3 Å². The number of pyridine rings is 1. The molecule has 0 aliphatic carbocycles. The van der Waals surface area contributed by atoms with Crippen LogP contribution in [0.2, 0.25) is 0 Å². The summed E-state index contributed by atoms with van der Waals surface area (Å²) in [5.74, 6) is 0.201. The van der Waals surface area contributed by atoms with Crippen molar-refractivity contribution in [1.29, 1.82) is 0 Å². The number of aromatic nitrogens is 1. The molecular formula is C21H21FN2O. The first-order valence-corrected chi connectivity index (χ1v) is 8.22. The van der Waals surface area contributed by atoms with E-state index in [2.05, 4.69) is 10.3 Å². The van der Waals surface area contributed by atoms with Gasteiger partial charge in [-0.05, 0) is 53.3 Å². The van der Waals surface area contributed by atoms with Gasteiger partial charge in [-0.3, -0.25) is 4.79 Å². The third kappa shape index (κ3) is 3.68. The van der Waals surface area contributed by atoms with Gasteiger partial charge in [-0.25, -0.2) is 9.37 Å². The number of hydrogen-bond donors (Lipinski definition) is 1. The van der Waals surface area contributed by atoms with Crippen molar-refractivity contribution in [3.05, 3.63) is 60.0 Å². The van der Waals surface area contributed by atoms with Crippen molar-refractivity contribution in [2.75, 3.05) is 5.32 Å². The average Bonchev–Trinajstić information content (AvgIpc) is 2.55. The SMILES string of the molecule is Cc1ccc(F)cc1-c1ccc2cc(NC(=O)C(C)(C)C)ncc2c1. The van der Waals surface area contributed by atoms with E-state index in [4.69, 9.17) is 0 Å². The summed E-state index contributed by atoms with van der Waals surface area (Å²) in [6.45, 7) is 7.54. The van der Waals surface area contributed by atoms with E-state index in [-0.39, 0.29) is 11.7 Å². The zero-order valence-corrected chi connectivity index (χ0v) is 14.9. The number of carbonyl (C=O) groups is 1. The summed E-state index contributed by atoms with van der Waals surface area (Å²) < 4.78 is 13.6. The van der Waals surface area contributed by atoms with E-state index >= 15 is 0 Å². The molecule has 0 aliphatic heterocycles. The van der Waals surface area contributed by atoms with Crippen LogP contribution < -0.4 is 5.32 Å². The minimum atomic E-state index is -0.477. The Kier molecular flexibility index (Phi) is 4.29. The van der Waals surface area contributed by atoms with Crippen LogP contribution in [-0.2, 0) is 4.79 Å². The molecule has 1 N–H and O–H groups in total. The first-order chi connectivity index (χ1) is 11.7. The van der Waals surface area contributed by atoms with E-state index in [0.717, 1.165) is 27.5 Å². The van der Waals surface area contributed by atoms with Gasteiger partial charge in [0.2, 0.25) is 5.91 Å². The summed E-state index contributed by atoms with van der Waals surface area (Å²) in [5, 5.41) is 4.75. The maximum atomic E-state index is 13.6. The molecule has 128 valence electrons. The van der Waals surface area contributed by atoms with Crippen molar-refractivity contribution in [3.63, 3.8) is 0 Å². The second-order valence-corrected chi connectivity index (χ2v) is 7.29. The molecule has 3 aromatic rings. The van der Waals surface area contributed by atoms with Crippen LogP contribution in [0.3, 0.4) is 0 Å². The van der Waals surface area contributed by atoms with Gasteiger partial charge >= 0.3 is 0 Å². The fourth-order valence-corrected chi connectivity index (χ4v) is 2.59. The lowest BCUT2D eigenvalue weighted by atomic mass is 9.95. The highest BCUT2D eigenvalue weighted by Crippen LogP contribution is 2.28. The molecule has 0 unspecified atom stereocenters. The molecule has 2 aromatic carbocycles. The summed E-state index contributed by atoms with van der Waals surface area (Å²) >= 11 is 0. The van der Waals surface area contributed by atoms with Crippen LogP contribution >= 0.6 is 0 Å². The van der Waals surface area contributed by atoms with Crippen LogP contribution in [0, 0.1) is 18.2 Å². The molecule has 3 rings (SSSR count). The van der Waals surface area contributed by atoms with Crippen LogP contribution in [0.5, 0.6) is 0 Å². The molecule has 0 radical (unpaired) electrons. The molecule has 0 atom stereocenters. The van der Waals surface area contributed by atoms with Crippen LogP contribution in [0.15, 0.2) is 48.7 Å². The van der Waals surface area contributed by atoms with Crippen molar-refractivity contribution in [2.24, 2.45) is 5.41 Å². The number of carbonyl (C=O) groups excluding carboxylic acids is 1. The molecule has 0 saturated carbocycles. The highest BCUT2D eigenvalue weighted by Gasteiger charge is 2.21. The topological polar surface area (TPSA) is 42.0 Å². The Morgan fingerprint density at radius 3 is 2.52 bits per heavy atom. The molecule has 0 fully saturated rings. The zero-order chi connectivity index (χ0) is 18.2. The van der Waals surface area contributed by atoms with Crippen LogP contribution in [-0.4, -0.2) is 10.9 Å². The Morgan fingerprint density at radius 1 is 1.04 bits per heavy atom. The summed E-state index contributed by atoms with van der Waals surface area (Å²) in [4.78, 5) is 16.4. The van der Waals surface area contributed by atoms with Gasteiger partial charge in [0.15, 0.2) is 0 Å². The molecule has 0 spiro atoms. The van der Waals surface area contributed by atoms with Crippen LogP contribution in [0.25, 0.3) is 21.9 Å². The summed E-state index contributed by atoms with van der Waals surface area (Å²) in [6, 6.07) is 12.5. The fourth-order valence-electron chi connectivity index (χ4n) is 2.59. The Hall–Kier alpha value is -2.75. The molecule has 0 aliphatic rings. The average molecular weight is 336 g/mol. The third-order valence-corrected chi connectivity index (χ3v) is 4.16. The van der Waals surface area contributed by atoms with Gasteiger partial charge in [0.1, 0.15) is 11.6 Å². The Balaban J connectivity index is 1.96. The number of benzene rings is 2.